The normalized spacial score (nSPS) is 11.6. The fraction of sp³-hybridized carbons (Fsp3) is 0.467. The van der Waals surface area contributed by atoms with E-state index in [4.69, 9.17) is 0 Å². The minimum absolute atomic E-state index is 0.966. The third kappa shape index (κ3) is 29.0. The molecule has 0 aliphatic carbocycles. The van der Waals surface area contributed by atoms with E-state index in [-0.39, 0.29) is 0 Å². The van der Waals surface area contributed by atoms with E-state index in [1.165, 1.54) is 103 Å². The summed E-state index contributed by atoms with van der Waals surface area (Å²) in [6.45, 7) is 26.9. The Balaban J connectivity index is 0.000000407. The van der Waals surface area contributed by atoms with Gasteiger partial charge in [-0.1, -0.05) is 172 Å². The average Bonchev–Trinajstić information content (AvgIpc) is 3.27. The van der Waals surface area contributed by atoms with E-state index < -0.39 is 0 Å². The van der Waals surface area contributed by atoms with Crippen LogP contribution in [0.4, 0.5) is 0 Å². The van der Waals surface area contributed by atoms with E-state index in [1.54, 1.807) is 0 Å². The van der Waals surface area contributed by atoms with Gasteiger partial charge < -0.3 is 22.4 Å². The maximum atomic E-state index is 3.73. The van der Waals surface area contributed by atoms with Crippen molar-refractivity contribution in [2.45, 2.75) is 80.1 Å². The SMILES string of the molecule is C=Cc1ccc(C[N+](C)(C)C)cc1.CCC[N+](C)(CCC)Cc1ccccc1.CC[N+](C)(C)Cc1ccccc1.CC[N+](C)(CC)Cc1ccccc1.C[N+](C)(C)CCc1ccccc1. The van der Waals surface area contributed by atoms with Crippen molar-refractivity contribution < 1.29 is 22.4 Å². The van der Waals surface area contributed by atoms with E-state index in [0.717, 1.165) is 37.6 Å². The van der Waals surface area contributed by atoms with Crippen LogP contribution in [0.2, 0.25) is 0 Å². The van der Waals surface area contributed by atoms with Crippen molar-refractivity contribution in [1.29, 1.82) is 0 Å². The van der Waals surface area contributed by atoms with Crippen molar-refractivity contribution in [2.75, 3.05) is 110 Å². The maximum Gasteiger partial charge on any atom is 0.104 e. The molecular formula is C60H98N5+5. The minimum Gasteiger partial charge on any atom is -0.331 e. The summed E-state index contributed by atoms with van der Waals surface area (Å²) in [5.74, 6) is 0. The highest BCUT2D eigenvalue weighted by molar-refractivity contribution is 5.47. The second kappa shape index (κ2) is 30.8. The molecule has 0 saturated heterocycles. The van der Waals surface area contributed by atoms with Crippen LogP contribution < -0.4 is 0 Å². The van der Waals surface area contributed by atoms with Crippen LogP contribution in [0.15, 0.2) is 152 Å². The molecule has 5 rings (SSSR count). The van der Waals surface area contributed by atoms with Gasteiger partial charge in [-0.25, -0.2) is 0 Å². The zero-order valence-corrected chi connectivity index (χ0v) is 44.6. The molecule has 0 unspecified atom stereocenters. The Morgan fingerprint density at radius 2 is 0.708 bits per heavy atom. The Hall–Kier alpha value is -4.36. The second-order valence-electron chi connectivity index (χ2n) is 21.1. The van der Waals surface area contributed by atoms with E-state index in [2.05, 4.69) is 257 Å². The molecule has 0 aromatic heterocycles. The molecule has 0 bridgehead atoms. The predicted molar refractivity (Wildman–Crippen MR) is 288 cm³/mol. The van der Waals surface area contributed by atoms with Crippen LogP contribution in [0.3, 0.4) is 0 Å². The molecular weight excluding hydrogens is 791 g/mol. The Labute approximate surface area is 402 Å². The lowest BCUT2D eigenvalue weighted by molar-refractivity contribution is -0.922. The quantitative estimate of drug-likeness (QED) is 0.0725. The fourth-order valence-corrected chi connectivity index (χ4v) is 7.45. The minimum atomic E-state index is 0.966. The number of nitrogens with zero attached hydrogens (tertiary/aromatic N) is 5. The average molecular weight is 889 g/mol. The molecule has 0 N–H and O–H groups in total. The zero-order chi connectivity index (χ0) is 48.8. The number of hydrogen-bond acceptors (Lipinski definition) is 0. The molecule has 0 spiro atoms. The molecule has 358 valence electrons. The van der Waals surface area contributed by atoms with E-state index in [1.807, 2.05) is 6.08 Å². The first-order valence-corrected chi connectivity index (χ1v) is 24.6. The third-order valence-electron chi connectivity index (χ3n) is 12.0. The van der Waals surface area contributed by atoms with Crippen LogP contribution in [0.1, 0.15) is 80.8 Å². The summed E-state index contributed by atoms with van der Waals surface area (Å²) >= 11 is 0. The van der Waals surface area contributed by atoms with Gasteiger partial charge in [0.05, 0.1) is 110 Å². The van der Waals surface area contributed by atoms with Gasteiger partial charge in [0.2, 0.25) is 0 Å². The van der Waals surface area contributed by atoms with Crippen molar-refractivity contribution in [2.24, 2.45) is 0 Å². The van der Waals surface area contributed by atoms with Gasteiger partial charge in [-0.2, -0.15) is 0 Å². The van der Waals surface area contributed by atoms with Gasteiger partial charge in [-0.3, -0.25) is 0 Å². The van der Waals surface area contributed by atoms with E-state index in [0.29, 0.717) is 0 Å². The molecule has 5 aromatic carbocycles. The molecule has 0 fully saturated rings. The zero-order valence-electron chi connectivity index (χ0n) is 44.6. The molecule has 5 heteroatoms. The Bertz CT molecular complexity index is 1880. The summed E-state index contributed by atoms with van der Waals surface area (Å²) in [5, 5.41) is 0. The Morgan fingerprint density at radius 1 is 0.354 bits per heavy atom. The van der Waals surface area contributed by atoms with Crippen LogP contribution in [0.25, 0.3) is 6.08 Å². The molecule has 0 aliphatic rings. The molecule has 0 heterocycles. The highest BCUT2D eigenvalue weighted by Crippen LogP contribution is 2.15. The Morgan fingerprint density at radius 3 is 1.03 bits per heavy atom. The Kier molecular flexibility index (Phi) is 27.8. The van der Waals surface area contributed by atoms with Crippen LogP contribution in [-0.2, 0) is 32.6 Å². The monoisotopic (exact) mass is 889 g/mol. The van der Waals surface area contributed by atoms with Gasteiger partial charge in [0, 0.05) is 28.7 Å². The lowest BCUT2D eigenvalue weighted by atomic mass is 10.1. The van der Waals surface area contributed by atoms with E-state index in [9.17, 15) is 0 Å². The van der Waals surface area contributed by atoms with Crippen LogP contribution in [0, 0.1) is 0 Å². The molecule has 5 aromatic rings. The fourth-order valence-electron chi connectivity index (χ4n) is 7.45. The smallest absolute Gasteiger partial charge is 0.104 e. The molecule has 0 radical (unpaired) electrons. The summed E-state index contributed by atoms with van der Waals surface area (Å²) in [5.41, 5.74) is 8.31. The number of benzene rings is 5. The third-order valence-corrected chi connectivity index (χ3v) is 12.0. The highest BCUT2D eigenvalue weighted by atomic mass is 15.3. The molecule has 65 heavy (non-hydrogen) atoms. The van der Waals surface area contributed by atoms with Gasteiger partial charge in [-0.15, -0.1) is 0 Å². The van der Waals surface area contributed by atoms with Gasteiger partial charge in [0.15, 0.2) is 0 Å². The number of hydrogen-bond donors (Lipinski definition) is 0. The van der Waals surface area contributed by atoms with Crippen molar-refractivity contribution >= 4 is 6.08 Å². The molecule has 0 saturated carbocycles. The first-order chi connectivity index (χ1) is 30.6. The first-order valence-electron chi connectivity index (χ1n) is 24.6. The first kappa shape index (κ1) is 58.7. The summed E-state index contributed by atoms with van der Waals surface area (Å²) in [4.78, 5) is 0. The van der Waals surface area contributed by atoms with Gasteiger partial charge >= 0.3 is 0 Å². The summed E-state index contributed by atoms with van der Waals surface area (Å²) in [6, 6.07) is 51.4. The molecule has 0 aliphatic heterocycles. The lowest BCUT2D eigenvalue weighted by Crippen LogP contribution is -2.44. The number of rotatable bonds is 19. The largest absolute Gasteiger partial charge is 0.331 e. The summed E-state index contributed by atoms with van der Waals surface area (Å²) in [6.07, 6.45) is 5.58. The molecule has 0 atom stereocenters. The van der Waals surface area contributed by atoms with Crippen LogP contribution in [0.5, 0.6) is 0 Å². The van der Waals surface area contributed by atoms with Crippen LogP contribution >= 0.6 is 0 Å². The van der Waals surface area contributed by atoms with Crippen molar-refractivity contribution in [3.63, 3.8) is 0 Å². The predicted octanol–water partition coefficient (Wildman–Crippen LogP) is 12.9. The number of likely N-dealkylation sites (N-methyl/N-ethyl adjacent to an activating group) is 1. The van der Waals surface area contributed by atoms with Gasteiger partial charge in [0.25, 0.3) is 0 Å². The van der Waals surface area contributed by atoms with Gasteiger partial charge in [-0.05, 0) is 44.7 Å². The van der Waals surface area contributed by atoms with Gasteiger partial charge in [0.1, 0.15) is 26.2 Å². The second-order valence-corrected chi connectivity index (χ2v) is 21.1. The lowest BCUT2D eigenvalue weighted by Gasteiger charge is -2.34. The van der Waals surface area contributed by atoms with E-state index >= 15 is 0 Å². The summed E-state index contributed by atoms with van der Waals surface area (Å²) < 4.78 is 5.37. The highest BCUT2D eigenvalue weighted by Gasteiger charge is 2.20. The molecule has 0 amide bonds. The topological polar surface area (TPSA) is 0 Å². The maximum absolute atomic E-state index is 3.73. The van der Waals surface area contributed by atoms with Crippen LogP contribution in [-0.4, -0.2) is 132 Å². The van der Waals surface area contributed by atoms with Crippen molar-refractivity contribution in [3.05, 3.63) is 186 Å². The number of quaternary nitrogens is 5. The summed E-state index contributed by atoms with van der Waals surface area (Å²) in [7, 11) is 22.5. The molecule has 5 nitrogen and oxygen atoms in total. The standard InChI is InChI=1S/C14H24N.C12H18N.C12H20N.2C11H18N/c1-4-11-15(3,12-5-2)13-14-9-7-6-8-10-14;1-5-11-6-8-12(9-7-11)10-13(2,3)4;1-4-13(3,5-2)11-12-9-7-6-8-10-12;1-12(2,3)10-9-11-7-5-4-6-8-11;1-4-12(2,3)10-11-8-6-5-7-9-11/h6-10H,4-5,11-13H2,1-3H3;5-9H,1,10H2,2-4H3;6-10H,4-5,11H2,1-3H3;4-8H,9-10H2,1-3H3;5-9H,4,10H2,1-3H3/q5*+1. The van der Waals surface area contributed by atoms with Crippen molar-refractivity contribution in [1.82, 2.24) is 0 Å². The van der Waals surface area contributed by atoms with Crippen molar-refractivity contribution in [3.8, 4) is 0 Å².